The molecule has 0 bridgehead atoms. The molecule has 0 aromatic carbocycles. The van der Waals surface area contributed by atoms with Gasteiger partial charge in [0, 0.05) is 12.4 Å². The Balaban J connectivity index is 2.73. The molecule has 3 nitrogen and oxygen atoms in total. The minimum Gasteiger partial charge on any atom is -0.465 e. The Kier molecular flexibility index (Phi) is 2.27. The summed E-state index contributed by atoms with van der Waals surface area (Å²) in [6, 6.07) is 3.58. The van der Waals surface area contributed by atoms with Gasteiger partial charge in [-0.1, -0.05) is 11.5 Å². The topological polar surface area (TPSA) is 30.7 Å². The summed E-state index contributed by atoms with van der Waals surface area (Å²) in [6.07, 6.45) is 3.63. The van der Waals surface area contributed by atoms with Crippen LogP contribution in [0.1, 0.15) is 15.9 Å². The SMILES string of the molecule is [B]c1ccc2c(C(=O)OC)c(C)cn2c1. The highest BCUT2D eigenvalue weighted by molar-refractivity contribution is 6.32. The van der Waals surface area contributed by atoms with Gasteiger partial charge < -0.3 is 9.14 Å². The van der Waals surface area contributed by atoms with Crippen LogP contribution in [-0.4, -0.2) is 25.3 Å². The molecule has 2 aromatic rings. The van der Waals surface area contributed by atoms with Crippen molar-refractivity contribution in [3.8, 4) is 0 Å². The molecule has 2 heterocycles. The zero-order valence-electron chi connectivity index (χ0n) is 8.65. The van der Waals surface area contributed by atoms with Crippen molar-refractivity contribution in [1.29, 1.82) is 0 Å². The fourth-order valence-electron chi connectivity index (χ4n) is 1.70. The van der Waals surface area contributed by atoms with Crippen molar-refractivity contribution < 1.29 is 9.53 Å². The quantitative estimate of drug-likeness (QED) is 0.503. The first-order valence-electron chi connectivity index (χ1n) is 4.58. The number of aryl methyl sites for hydroxylation is 1. The second kappa shape index (κ2) is 3.46. The van der Waals surface area contributed by atoms with Gasteiger partial charge in [0.15, 0.2) is 0 Å². The van der Waals surface area contributed by atoms with E-state index in [1.807, 2.05) is 23.6 Å². The van der Waals surface area contributed by atoms with Gasteiger partial charge in [0.25, 0.3) is 0 Å². The van der Waals surface area contributed by atoms with Crippen LogP contribution in [-0.2, 0) is 4.74 Å². The first kappa shape index (κ1) is 9.83. The van der Waals surface area contributed by atoms with Crippen LogP contribution in [0.3, 0.4) is 0 Å². The average Bonchev–Trinajstić information content (AvgIpc) is 2.52. The number of carbonyl (C=O) groups is 1. The maximum atomic E-state index is 11.5. The molecule has 0 spiro atoms. The number of nitrogens with zero attached hydrogens (tertiary/aromatic N) is 1. The minimum atomic E-state index is -0.320. The second-order valence-corrected chi connectivity index (χ2v) is 3.43. The van der Waals surface area contributed by atoms with Gasteiger partial charge in [-0.25, -0.2) is 4.79 Å². The summed E-state index contributed by atoms with van der Waals surface area (Å²) in [5.41, 5.74) is 2.95. The van der Waals surface area contributed by atoms with E-state index in [4.69, 9.17) is 12.6 Å². The highest BCUT2D eigenvalue weighted by atomic mass is 16.5. The van der Waals surface area contributed by atoms with E-state index in [2.05, 4.69) is 0 Å². The Morgan fingerprint density at radius 1 is 1.40 bits per heavy atom. The second-order valence-electron chi connectivity index (χ2n) is 3.43. The molecule has 0 aliphatic carbocycles. The molecule has 2 radical (unpaired) electrons. The molecule has 0 unspecified atom stereocenters. The Morgan fingerprint density at radius 3 is 2.80 bits per heavy atom. The summed E-state index contributed by atoms with van der Waals surface area (Å²) in [6.45, 7) is 1.87. The van der Waals surface area contributed by atoms with Crippen LogP contribution in [0.25, 0.3) is 5.52 Å². The van der Waals surface area contributed by atoms with E-state index in [0.29, 0.717) is 11.0 Å². The van der Waals surface area contributed by atoms with E-state index in [1.165, 1.54) is 7.11 Å². The van der Waals surface area contributed by atoms with Gasteiger partial charge in [-0.3, -0.25) is 0 Å². The Morgan fingerprint density at radius 2 is 2.13 bits per heavy atom. The number of fused-ring (bicyclic) bond motifs is 1. The third-order valence-electron chi connectivity index (χ3n) is 2.37. The molecule has 74 valence electrons. The van der Waals surface area contributed by atoms with Crippen molar-refractivity contribution in [2.45, 2.75) is 6.92 Å². The summed E-state index contributed by atoms with van der Waals surface area (Å²) in [5.74, 6) is -0.320. The van der Waals surface area contributed by atoms with E-state index < -0.39 is 0 Å². The van der Waals surface area contributed by atoms with Gasteiger partial charge in [-0.15, -0.1) is 0 Å². The minimum absolute atomic E-state index is 0.320. The summed E-state index contributed by atoms with van der Waals surface area (Å²) < 4.78 is 6.56. The fraction of sp³-hybridized carbons (Fsp3) is 0.182. The molecule has 0 fully saturated rings. The van der Waals surface area contributed by atoms with E-state index in [0.717, 1.165) is 11.1 Å². The van der Waals surface area contributed by atoms with Crippen LogP contribution in [0.5, 0.6) is 0 Å². The molecule has 0 N–H and O–H groups in total. The molecule has 0 atom stereocenters. The molecule has 0 saturated carbocycles. The highest BCUT2D eigenvalue weighted by Gasteiger charge is 2.15. The lowest BCUT2D eigenvalue weighted by Gasteiger charge is -2.00. The number of esters is 1. The zero-order valence-corrected chi connectivity index (χ0v) is 8.65. The zero-order chi connectivity index (χ0) is 11.0. The van der Waals surface area contributed by atoms with Crippen LogP contribution in [0.2, 0.25) is 0 Å². The molecular formula is C11H10BNO2. The van der Waals surface area contributed by atoms with Crippen molar-refractivity contribution in [1.82, 2.24) is 4.40 Å². The monoisotopic (exact) mass is 199 g/mol. The molecule has 0 aliphatic heterocycles. The van der Waals surface area contributed by atoms with Crippen LogP contribution in [0.4, 0.5) is 0 Å². The van der Waals surface area contributed by atoms with Gasteiger partial charge in [0.05, 0.1) is 18.2 Å². The van der Waals surface area contributed by atoms with Crippen LogP contribution < -0.4 is 5.46 Å². The third kappa shape index (κ3) is 1.52. The number of ether oxygens (including phenoxy) is 1. The summed E-state index contributed by atoms with van der Waals surface area (Å²) in [4.78, 5) is 11.5. The first-order valence-corrected chi connectivity index (χ1v) is 4.58. The van der Waals surface area contributed by atoms with Gasteiger partial charge in [0.2, 0.25) is 0 Å². The number of aromatic nitrogens is 1. The number of hydrogen-bond donors (Lipinski definition) is 0. The van der Waals surface area contributed by atoms with E-state index in [-0.39, 0.29) is 5.97 Å². The standard InChI is InChI=1S/C11H10BNO2/c1-7-5-13-6-8(12)3-4-9(13)10(7)11(14)15-2/h3-6H,1-2H3. The third-order valence-corrected chi connectivity index (χ3v) is 2.37. The van der Waals surface area contributed by atoms with Crippen molar-refractivity contribution in [2.75, 3.05) is 7.11 Å². The number of rotatable bonds is 1. The molecule has 4 heteroatoms. The maximum absolute atomic E-state index is 11.5. The molecule has 15 heavy (non-hydrogen) atoms. The van der Waals surface area contributed by atoms with E-state index in [9.17, 15) is 4.79 Å². The predicted molar refractivity (Wildman–Crippen MR) is 58.9 cm³/mol. The number of carbonyl (C=O) groups excluding carboxylic acids is 1. The lowest BCUT2D eigenvalue weighted by atomic mass is 9.99. The molecule has 2 rings (SSSR count). The molecule has 0 aliphatic rings. The highest BCUT2D eigenvalue weighted by Crippen LogP contribution is 2.17. The fourth-order valence-corrected chi connectivity index (χ4v) is 1.70. The van der Waals surface area contributed by atoms with Crippen LogP contribution >= 0.6 is 0 Å². The van der Waals surface area contributed by atoms with Gasteiger partial charge in [0.1, 0.15) is 7.85 Å². The average molecular weight is 199 g/mol. The Bertz CT molecular complexity index is 531. The molecule has 0 amide bonds. The summed E-state index contributed by atoms with van der Waals surface area (Å²) >= 11 is 0. The maximum Gasteiger partial charge on any atom is 0.340 e. The number of pyridine rings is 1. The Labute approximate surface area is 89.1 Å². The Hall–Kier alpha value is -1.71. The van der Waals surface area contributed by atoms with Crippen molar-refractivity contribution in [2.24, 2.45) is 0 Å². The first-order chi connectivity index (χ1) is 7.13. The van der Waals surface area contributed by atoms with Crippen molar-refractivity contribution in [3.05, 3.63) is 35.7 Å². The molecule has 2 aromatic heterocycles. The van der Waals surface area contributed by atoms with Crippen LogP contribution in [0.15, 0.2) is 24.5 Å². The van der Waals surface area contributed by atoms with Crippen molar-refractivity contribution >= 4 is 24.8 Å². The number of methoxy groups -OCH3 is 1. The van der Waals surface area contributed by atoms with E-state index in [1.54, 1.807) is 12.3 Å². The van der Waals surface area contributed by atoms with Gasteiger partial charge in [-0.2, -0.15) is 0 Å². The lowest BCUT2D eigenvalue weighted by molar-refractivity contribution is 0.0602. The summed E-state index contributed by atoms with van der Waals surface area (Å²) in [7, 11) is 7.03. The lowest BCUT2D eigenvalue weighted by Crippen LogP contribution is -2.06. The summed E-state index contributed by atoms with van der Waals surface area (Å²) in [5, 5.41) is 0. The number of hydrogen-bond acceptors (Lipinski definition) is 2. The van der Waals surface area contributed by atoms with Crippen LogP contribution in [0, 0.1) is 6.92 Å². The largest absolute Gasteiger partial charge is 0.465 e. The van der Waals surface area contributed by atoms with Gasteiger partial charge in [-0.05, 0) is 18.6 Å². The van der Waals surface area contributed by atoms with Crippen molar-refractivity contribution in [3.63, 3.8) is 0 Å². The van der Waals surface area contributed by atoms with E-state index >= 15 is 0 Å². The normalized spacial score (nSPS) is 10.5. The smallest absolute Gasteiger partial charge is 0.340 e. The molecular weight excluding hydrogens is 189 g/mol. The predicted octanol–water partition coefficient (Wildman–Crippen LogP) is 0.828. The van der Waals surface area contributed by atoms with Gasteiger partial charge >= 0.3 is 5.97 Å². The molecule has 0 saturated heterocycles.